The highest BCUT2D eigenvalue weighted by Gasteiger charge is 2.16. The lowest BCUT2D eigenvalue weighted by Gasteiger charge is -2.20. The van der Waals surface area contributed by atoms with E-state index in [0.717, 1.165) is 24.3 Å². The minimum absolute atomic E-state index is 0.0634. The fourth-order valence-corrected chi connectivity index (χ4v) is 2.87. The zero-order chi connectivity index (χ0) is 15.2. The first-order chi connectivity index (χ1) is 10.2. The molecule has 0 fully saturated rings. The van der Waals surface area contributed by atoms with E-state index in [1.54, 1.807) is 13.2 Å². The van der Waals surface area contributed by atoms with Crippen molar-refractivity contribution < 1.29 is 9.13 Å². The molecule has 1 unspecified atom stereocenters. The zero-order valence-electron chi connectivity index (χ0n) is 12.2. The number of benzene rings is 2. The Kier molecular flexibility index (Phi) is 5.76. The van der Waals surface area contributed by atoms with Crippen LogP contribution in [0.5, 0.6) is 5.75 Å². The first-order valence-electron chi connectivity index (χ1n) is 6.96. The van der Waals surface area contributed by atoms with Gasteiger partial charge in [0.2, 0.25) is 0 Å². The van der Waals surface area contributed by atoms with Gasteiger partial charge in [0, 0.05) is 6.04 Å². The van der Waals surface area contributed by atoms with E-state index in [1.807, 2.05) is 37.3 Å². The summed E-state index contributed by atoms with van der Waals surface area (Å²) in [6.45, 7) is 2.87. The Morgan fingerprint density at radius 2 is 1.90 bits per heavy atom. The molecule has 2 aromatic rings. The van der Waals surface area contributed by atoms with Gasteiger partial charge in [-0.3, -0.25) is 0 Å². The maximum absolute atomic E-state index is 13.7. The van der Waals surface area contributed by atoms with Crippen LogP contribution in [0.25, 0.3) is 0 Å². The smallest absolute Gasteiger partial charge is 0.137 e. The molecule has 21 heavy (non-hydrogen) atoms. The highest BCUT2D eigenvalue weighted by Crippen LogP contribution is 2.28. The van der Waals surface area contributed by atoms with Crippen LogP contribution in [0.4, 0.5) is 4.39 Å². The molecule has 0 spiro atoms. The fourth-order valence-electron chi connectivity index (χ4n) is 2.33. The van der Waals surface area contributed by atoms with Crippen molar-refractivity contribution in [3.8, 4) is 5.75 Å². The van der Waals surface area contributed by atoms with Gasteiger partial charge in [-0.05, 0) is 58.2 Å². The Labute approximate surface area is 133 Å². The molecule has 0 amide bonds. The van der Waals surface area contributed by atoms with Gasteiger partial charge in [-0.15, -0.1) is 0 Å². The van der Waals surface area contributed by atoms with Crippen LogP contribution in [-0.4, -0.2) is 13.7 Å². The zero-order valence-corrected chi connectivity index (χ0v) is 13.8. The molecule has 4 heteroatoms. The highest BCUT2D eigenvalue weighted by molar-refractivity contribution is 9.10. The molecule has 0 aromatic heterocycles. The maximum atomic E-state index is 13.7. The van der Waals surface area contributed by atoms with E-state index in [4.69, 9.17) is 4.74 Å². The first-order valence-corrected chi connectivity index (χ1v) is 7.75. The predicted octanol–water partition coefficient (Wildman–Crippen LogP) is 4.49. The Morgan fingerprint density at radius 1 is 1.19 bits per heavy atom. The van der Waals surface area contributed by atoms with E-state index >= 15 is 0 Å². The molecule has 0 bridgehead atoms. The van der Waals surface area contributed by atoms with Crippen molar-refractivity contribution >= 4 is 15.9 Å². The standard InChI is InChI=1S/C17H19BrFNO/c1-3-20-16(14-5-4-6-15(19)17(14)18)11-12-7-9-13(21-2)10-8-12/h4-10,16,20H,3,11H2,1-2H3. The van der Waals surface area contributed by atoms with E-state index in [1.165, 1.54) is 11.6 Å². The average molecular weight is 352 g/mol. The van der Waals surface area contributed by atoms with Gasteiger partial charge < -0.3 is 10.1 Å². The van der Waals surface area contributed by atoms with E-state index < -0.39 is 0 Å². The Hall–Kier alpha value is -1.39. The first kappa shape index (κ1) is 16.0. The number of nitrogens with one attached hydrogen (secondary N) is 1. The second-order valence-electron chi connectivity index (χ2n) is 4.81. The SMILES string of the molecule is CCNC(Cc1ccc(OC)cc1)c1cccc(F)c1Br. The molecule has 0 heterocycles. The lowest BCUT2D eigenvalue weighted by Crippen LogP contribution is -2.23. The van der Waals surface area contributed by atoms with E-state index in [-0.39, 0.29) is 11.9 Å². The van der Waals surface area contributed by atoms with Crippen molar-refractivity contribution in [3.05, 3.63) is 63.9 Å². The highest BCUT2D eigenvalue weighted by atomic mass is 79.9. The lowest BCUT2D eigenvalue weighted by molar-refractivity contribution is 0.414. The summed E-state index contributed by atoms with van der Waals surface area (Å²) in [5, 5.41) is 3.42. The molecule has 0 aliphatic heterocycles. The van der Waals surface area contributed by atoms with Gasteiger partial charge in [0.05, 0.1) is 11.6 Å². The van der Waals surface area contributed by atoms with Crippen molar-refractivity contribution in [2.75, 3.05) is 13.7 Å². The topological polar surface area (TPSA) is 21.3 Å². The summed E-state index contributed by atoms with van der Waals surface area (Å²) in [7, 11) is 1.65. The number of hydrogen-bond acceptors (Lipinski definition) is 2. The molecule has 1 atom stereocenters. The molecule has 0 radical (unpaired) electrons. The lowest BCUT2D eigenvalue weighted by atomic mass is 9.98. The van der Waals surface area contributed by atoms with E-state index in [2.05, 4.69) is 21.2 Å². The van der Waals surface area contributed by atoms with Gasteiger partial charge in [-0.1, -0.05) is 31.2 Å². The molecule has 0 saturated carbocycles. The largest absolute Gasteiger partial charge is 0.497 e. The Bertz CT molecular complexity index is 586. The van der Waals surface area contributed by atoms with Crippen molar-refractivity contribution in [3.63, 3.8) is 0 Å². The van der Waals surface area contributed by atoms with Crippen molar-refractivity contribution in [1.29, 1.82) is 0 Å². The summed E-state index contributed by atoms with van der Waals surface area (Å²) in [5.74, 6) is 0.607. The predicted molar refractivity (Wildman–Crippen MR) is 87.2 cm³/mol. The van der Waals surface area contributed by atoms with Crippen LogP contribution in [0.15, 0.2) is 46.9 Å². The molecule has 2 nitrogen and oxygen atoms in total. The van der Waals surface area contributed by atoms with Gasteiger partial charge in [0.15, 0.2) is 0 Å². The monoisotopic (exact) mass is 351 g/mol. The summed E-state index contributed by atoms with van der Waals surface area (Å²) in [6.07, 6.45) is 0.792. The second kappa shape index (κ2) is 7.57. The number of halogens is 2. The van der Waals surface area contributed by atoms with Crippen molar-refractivity contribution in [2.24, 2.45) is 0 Å². The second-order valence-corrected chi connectivity index (χ2v) is 5.60. The minimum Gasteiger partial charge on any atom is -0.497 e. The summed E-state index contributed by atoms with van der Waals surface area (Å²) < 4.78 is 19.4. The molecular formula is C17H19BrFNO. The summed E-state index contributed by atoms with van der Waals surface area (Å²) >= 11 is 3.35. The quantitative estimate of drug-likeness (QED) is 0.827. The van der Waals surface area contributed by atoms with Gasteiger partial charge >= 0.3 is 0 Å². The number of hydrogen-bond donors (Lipinski definition) is 1. The number of likely N-dealkylation sites (N-methyl/N-ethyl adjacent to an activating group) is 1. The van der Waals surface area contributed by atoms with Crippen molar-refractivity contribution in [1.82, 2.24) is 5.32 Å². The van der Waals surface area contributed by atoms with Crippen LogP contribution in [0, 0.1) is 5.82 Å². The van der Waals surface area contributed by atoms with Crippen LogP contribution < -0.4 is 10.1 Å². The van der Waals surface area contributed by atoms with Crippen LogP contribution in [0.1, 0.15) is 24.1 Å². The fraction of sp³-hybridized carbons (Fsp3) is 0.294. The number of rotatable bonds is 6. The molecule has 0 aliphatic carbocycles. The maximum Gasteiger partial charge on any atom is 0.137 e. The molecule has 2 rings (SSSR count). The van der Waals surface area contributed by atoms with Gasteiger partial charge in [0.25, 0.3) is 0 Å². The van der Waals surface area contributed by atoms with Crippen LogP contribution >= 0.6 is 15.9 Å². The van der Waals surface area contributed by atoms with Crippen LogP contribution in [0.2, 0.25) is 0 Å². The molecule has 112 valence electrons. The van der Waals surface area contributed by atoms with Crippen LogP contribution in [0.3, 0.4) is 0 Å². The molecule has 0 saturated heterocycles. The average Bonchev–Trinajstić information content (AvgIpc) is 2.50. The Morgan fingerprint density at radius 3 is 2.52 bits per heavy atom. The third-order valence-electron chi connectivity index (χ3n) is 3.41. The molecular weight excluding hydrogens is 333 g/mol. The van der Waals surface area contributed by atoms with Gasteiger partial charge in [-0.2, -0.15) is 0 Å². The van der Waals surface area contributed by atoms with E-state index in [9.17, 15) is 4.39 Å². The number of ether oxygens (including phenoxy) is 1. The third-order valence-corrected chi connectivity index (χ3v) is 4.24. The minimum atomic E-state index is -0.231. The van der Waals surface area contributed by atoms with Crippen molar-refractivity contribution in [2.45, 2.75) is 19.4 Å². The van der Waals surface area contributed by atoms with E-state index in [0.29, 0.717) is 4.47 Å². The van der Waals surface area contributed by atoms with Gasteiger partial charge in [-0.25, -0.2) is 4.39 Å². The summed E-state index contributed by atoms with van der Waals surface area (Å²) in [4.78, 5) is 0. The normalized spacial score (nSPS) is 12.2. The van der Waals surface area contributed by atoms with Crippen LogP contribution in [-0.2, 0) is 6.42 Å². The molecule has 2 aromatic carbocycles. The van der Waals surface area contributed by atoms with Gasteiger partial charge in [0.1, 0.15) is 11.6 Å². The molecule has 1 N–H and O–H groups in total. The Balaban J connectivity index is 2.24. The number of methoxy groups -OCH3 is 1. The summed E-state index contributed by atoms with van der Waals surface area (Å²) in [5.41, 5.74) is 2.12. The summed E-state index contributed by atoms with van der Waals surface area (Å²) in [6, 6.07) is 13.2. The third kappa shape index (κ3) is 4.05. The molecule has 0 aliphatic rings.